The molecule has 0 rings (SSSR count). The summed E-state index contributed by atoms with van der Waals surface area (Å²) >= 11 is 2.02. The molecule has 0 saturated heterocycles. The van der Waals surface area contributed by atoms with Crippen LogP contribution < -0.4 is 0 Å². The fourth-order valence-electron chi connectivity index (χ4n) is 1.93. The summed E-state index contributed by atoms with van der Waals surface area (Å²) in [6, 6.07) is 0. The van der Waals surface area contributed by atoms with Crippen molar-refractivity contribution in [2.24, 2.45) is 0 Å². The fraction of sp³-hybridized carbons (Fsp3) is 0.929. The third-order valence-corrected chi connectivity index (χ3v) is 4.23. The quantitative estimate of drug-likeness (QED) is 0.228. The first-order valence-electron chi connectivity index (χ1n) is 7.05. The first-order chi connectivity index (χ1) is 8.18. The number of halogens is 1. The van der Waals surface area contributed by atoms with Crippen molar-refractivity contribution in [2.45, 2.75) is 81.5 Å². The third-order valence-electron chi connectivity index (χ3n) is 3.08. The van der Waals surface area contributed by atoms with Gasteiger partial charge >= 0.3 is 57.4 Å². The molecular weight excluding hydrogens is 366 g/mol. The summed E-state index contributed by atoms with van der Waals surface area (Å²) in [7, 11) is 0. The van der Waals surface area contributed by atoms with Crippen LogP contribution >= 0.6 is 22.6 Å². The second-order valence-corrected chi connectivity index (χ2v) is 6.28. The summed E-state index contributed by atoms with van der Waals surface area (Å²) in [6.45, 7) is 2.25. The van der Waals surface area contributed by atoms with E-state index in [-0.39, 0.29) is 55.3 Å². The van der Waals surface area contributed by atoms with Gasteiger partial charge in [0.15, 0.2) is 0 Å². The molecule has 0 aliphatic carbocycles. The van der Waals surface area contributed by atoms with Gasteiger partial charge in [-0.2, -0.15) is 0 Å². The summed E-state index contributed by atoms with van der Waals surface area (Å²) in [4.78, 5) is 10.6. The van der Waals surface area contributed by atoms with Crippen molar-refractivity contribution in [1.82, 2.24) is 0 Å². The molecule has 0 aromatic rings. The van der Waals surface area contributed by atoms with Crippen LogP contribution in [0.2, 0.25) is 0 Å². The molecule has 1 unspecified atom stereocenters. The zero-order valence-electron chi connectivity index (χ0n) is 11.1. The van der Waals surface area contributed by atoms with E-state index in [2.05, 4.69) is 6.92 Å². The number of aliphatic carboxylic acids is 1. The van der Waals surface area contributed by atoms with Gasteiger partial charge in [-0.25, -0.2) is 0 Å². The number of hydrogen-bond donors (Lipinski definition) is 1. The molecule has 0 aromatic carbocycles. The summed E-state index contributed by atoms with van der Waals surface area (Å²) < 4.78 is -0.193. The predicted molar refractivity (Wildman–Crippen MR) is 89.1 cm³/mol. The molecule has 1 atom stereocenters. The number of rotatable bonds is 12. The van der Waals surface area contributed by atoms with Crippen molar-refractivity contribution in [1.29, 1.82) is 0 Å². The molecule has 104 valence electrons. The Labute approximate surface area is 169 Å². The van der Waals surface area contributed by atoms with Crippen LogP contribution in [0.5, 0.6) is 0 Å². The molecular formula is C14H28IKO2. The molecule has 0 aromatic heterocycles. The van der Waals surface area contributed by atoms with Crippen LogP contribution in [0.15, 0.2) is 0 Å². The molecule has 0 heterocycles. The standard InChI is InChI=1S/C14H27IO2.K.H/c1-2-3-4-5-6-7-8-9-10-11-12-13(15)14(16)17;;/h13H,2-12H2,1H3,(H,16,17);;. The Morgan fingerprint density at radius 1 is 0.944 bits per heavy atom. The Balaban J connectivity index is 0. The Morgan fingerprint density at radius 2 is 1.33 bits per heavy atom. The molecule has 0 amide bonds. The Bertz CT molecular complexity index is 189. The molecule has 0 spiro atoms. The Kier molecular flexibility index (Phi) is 20.8. The van der Waals surface area contributed by atoms with Crippen molar-refractivity contribution in [2.75, 3.05) is 0 Å². The van der Waals surface area contributed by atoms with Crippen molar-refractivity contribution in [3.8, 4) is 0 Å². The minimum absolute atomic E-state index is 0. The van der Waals surface area contributed by atoms with Crippen LogP contribution in [0.3, 0.4) is 0 Å². The van der Waals surface area contributed by atoms with Gasteiger partial charge in [0.2, 0.25) is 0 Å². The molecule has 0 bridgehead atoms. The second-order valence-electron chi connectivity index (χ2n) is 4.78. The van der Waals surface area contributed by atoms with Crippen LogP contribution in [0.1, 0.15) is 77.6 Å². The van der Waals surface area contributed by atoms with E-state index in [0.717, 1.165) is 12.8 Å². The van der Waals surface area contributed by atoms with Gasteiger partial charge in [-0.15, -0.1) is 0 Å². The normalized spacial score (nSPS) is 11.9. The topological polar surface area (TPSA) is 37.3 Å². The number of unbranched alkanes of at least 4 members (excludes halogenated alkanes) is 9. The number of carbonyl (C=O) groups is 1. The summed E-state index contributed by atoms with van der Waals surface area (Å²) in [6.07, 6.45) is 13.9. The van der Waals surface area contributed by atoms with Gasteiger partial charge in [-0.05, 0) is 6.42 Å². The van der Waals surface area contributed by atoms with Crippen LogP contribution in [-0.2, 0) is 4.79 Å². The molecule has 4 heteroatoms. The van der Waals surface area contributed by atoms with Crippen LogP contribution in [0, 0.1) is 0 Å². The molecule has 0 radical (unpaired) electrons. The molecule has 0 fully saturated rings. The zero-order chi connectivity index (χ0) is 12.9. The fourth-order valence-corrected chi connectivity index (χ4v) is 2.37. The Morgan fingerprint density at radius 3 is 1.72 bits per heavy atom. The van der Waals surface area contributed by atoms with Crippen molar-refractivity contribution >= 4 is 79.9 Å². The first kappa shape index (κ1) is 22.1. The maximum absolute atomic E-state index is 10.6. The average Bonchev–Trinajstić information content (AvgIpc) is 2.31. The van der Waals surface area contributed by atoms with Crippen molar-refractivity contribution in [3.05, 3.63) is 0 Å². The van der Waals surface area contributed by atoms with E-state index < -0.39 is 5.97 Å². The predicted octanol–water partition coefficient (Wildman–Crippen LogP) is 4.54. The van der Waals surface area contributed by atoms with Crippen LogP contribution in [-0.4, -0.2) is 66.4 Å². The van der Waals surface area contributed by atoms with Gasteiger partial charge < -0.3 is 5.11 Å². The van der Waals surface area contributed by atoms with E-state index in [0.29, 0.717) is 0 Å². The van der Waals surface area contributed by atoms with Crippen LogP contribution in [0.25, 0.3) is 0 Å². The number of hydrogen-bond acceptors (Lipinski definition) is 1. The molecule has 1 N–H and O–H groups in total. The third kappa shape index (κ3) is 15.9. The van der Waals surface area contributed by atoms with Crippen molar-refractivity contribution < 1.29 is 9.90 Å². The molecule has 0 saturated carbocycles. The SMILES string of the molecule is CCCCCCCCCCCCC(I)C(=O)O.[KH]. The number of carboxylic acid groups (broad SMARTS) is 1. The van der Waals surface area contributed by atoms with Crippen LogP contribution in [0.4, 0.5) is 0 Å². The Hall–Kier alpha value is 1.84. The zero-order valence-corrected chi connectivity index (χ0v) is 13.2. The van der Waals surface area contributed by atoms with E-state index in [1.54, 1.807) is 0 Å². The van der Waals surface area contributed by atoms with Gasteiger partial charge in [0, 0.05) is 0 Å². The van der Waals surface area contributed by atoms with E-state index in [4.69, 9.17) is 5.11 Å². The second kappa shape index (κ2) is 16.9. The summed E-state index contributed by atoms with van der Waals surface area (Å²) in [5.74, 6) is -0.665. The monoisotopic (exact) mass is 394 g/mol. The van der Waals surface area contributed by atoms with E-state index in [9.17, 15) is 4.79 Å². The van der Waals surface area contributed by atoms with E-state index >= 15 is 0 Å². The summed E-state index contributed by atoms with van der Waals surface area (Å²) in [5.41, 5.74) is 0. The van der Waals surface area contributed by atoms with Gasteiger partial charge in [0.05, 0.1) is 0 Å². The van der Waals surface area contributed by atoms with E-state index in [1.807, 2.05) is 22.6 Å². The first-order valence-corrected chi connectivity index (χ1v) is 8.30. The molecule has 18 heavy (non-hydrogen) atoms. The number of carboxylic acids is 1. The molecule has 0 aliphatic rings. The van der Waals surface area contributed by atoms with Gasteiger partial charge in [0.25, 0.3) is 0 Å². The minimum atomic E-state index is -0.665. The molecule has 2 nitrogen and oxygen atoms in total. The van der Waals surface area contributed by atoms with Gasteiger partial charge in [0.1, 0.15) is 3.92 Å². The molecule has 0 aliphatic heterocycles. The number of alkyl halides is 1. The average molecular weight is 394 g/mol. The van der Waals surface area contributed by atoms with E-state index in [1.165, 1.54) is 57.8 Å². The van der Waals surface area contributed by atoms with Gasteiger partial charge in [-0.1, -0.05) is 93.7 Å². The maximum atomic E-state index is 10.6. The van der Waals surface area contributed by atoms with Gasteiger partial charge in [-0.3, -0.25) is 4.79 Å². The summed E-state index contributed by atoms with van der Waals surface area (Å²) in [5, 5.41) is 8.72. The van der Waals surface area contributed by atoms with Crippen molar-refractivity contribution in [3.63, 3.8) is 0 Å².